The van der Waals surface area contributed by atoms with E-state index in [0.717, 1.165) is 12.2 Å². The fraction of sp³-hybridized carbons (Fsp3) is 0.471. The SMILES string of the molecule is CC(C)NCc1sc(C(C)(C)C)nc1-c1ccccc1. The number of nitrogens with zero attached hydrogens (tertiary/aromatic N) is 1. The van der Waals surface area contributed by atoms with Crippen LogP contribution in [0.25, 0.3) is 11.3 Å². The van der Waals surface area contributed by atoms with Gasteiger partial charge in [-0.05, 0) is 0 Å². The first kappa shape index (κ1) is 15.2. The van der Waals surface area contributed by atoms with E-state index >= 15 is 0 Å². The molecule has 2 aromatic rings. The highest BCUT2D eigenvalue weighted by Gasteiger charge is 2.22. The van der Waals surface area contributed by atoms with Gasteiger partial charge in [0.05, 0.1) is 10.7 Å². The monoisotopic (exact) mass is 288 g/mol. The molecule has 0 aliphatic rings. The predicted octanol–water partition coefficient (Wildman–Crippen LogP) is 4.61. The van der Waals surface area contributed by atoms with E-state index in [1.807, 2.05) is 17.4 Å². The van der Waals surface area contributed by atoms with Crippen molar-refractivity contribution in [1.29, 1.82) is 0 Å². The fourth-order valence-corrected chi connectivity index (χ4v) is 3.00. The number of rotatable bonds is 4. The third-order valence-corrected chi connectivity index (χ3v) is 4.54. The number of aromatic nitrogens is 1. The van der Waals surface area contributed by atoms with Gasteiger partial charge in [0.2, 0.25) is 0 Å². The second-order valence-corrected chi connectivity index (χ2v) is 7.53. The Morgan fingerprint density at radius 3 is 2.35 bits per heavy atom. The summed E-state index contributed by atoms with van der Waals surface area (Å²) < 4.78 is 0. The first-order chi connectivity index (χ1) is 9.38. The van der Waals surface area contributed by atoms with Crippen molar-refractivity contribution in [3.8, 4) is 11.3 Å². The van der Waals surface area contributed by atoms with Crippen molar-refractivity contribution in [2.75, 3.05) is 0 Å². The summed E-state index contributed by atoms with van der Waals surface area (Å²) in [6.07, 6.45) is 0. The zero-order chi connectivity index (χ0) is 14.8. The number of hydrogen-bond acceptors (Lipinski definition) is 3. The van der Waals surface area contributed by atoms with Gasteiger partial charge in [-0.3, -0.25) is 0 Å². The third-order valence-electron chi connectivity index (χ3n) is 3.06. The van der Waals surface area contributed by atoms with Gasteiger partial charge in [-0.15, -0.1) is 11.3 Å². The van der Waals surface area contributed by atoms with Crippen LogP contribution in [0, 0.1) is 0 Å². The minimum Gasteiger partial charge on any atom is -0.310 e. The average Bonchev–Trinajstić information content (AvgIpc) is 2.81. The topological polar surface area (TPSA) is 24.9 Å². The summed E-state index contributed by atoms with van der Waals surface area (Å²) >= 11 is 1.83. The van der Waals surface area contributed by atoms with Crippen LogP contribution in [0.1, 0.15) is 44.5 Å². The highest BCUT2D eigenvalue weighted by molar-refractivity contribution is 7.12. The smallest absolute Gasteiger partial charge is 0.0989 e. The van der Waals surface area contributed by atoms with E-state index in [4.69, 9.17) is 4.98 Å². The van der Waals surface area contributed by atoms with Crippen LogP contribution in [0.5, 0.6) is 0 Å². The van der Waals surface area contributed by atoms with E-state index in [1.165, 1.54) is 15.4 Å². The van der Waals surface area contributed by atoms with Crippen molar-refractivity contribution in [1.82, 2.24) is 10.3 Å². The number of benzene rings is 1. The molecule has 0 fully saturated rings. The van der Waals surface area contributed by atoms with Gasteiger partial charge >= 0.3 is 0 Å². The van der Waals surface area contributed by atoms with Crippen molar-refractivity contribution >= 4 is 11.3 Å². The van der Waals surface area contributed by atoms with Gasteiger partial charge in [0, 0.05) is 28.4 Å². The second kappa shape index (κ2) is 6.06. The standard InChI is InChI=1S/C17H24N2S/c1-12(2)18-11-14-15(13-9-7-6-8-10-13)19-16(20-14)17(3,4)5/h6-10,12,18H,11H2,1-5H3. The summed E-state index contributed by atoms with van der Waals surface area (Å²) in [5.41, 5.74) is 2.44. The summed E-state index contributed by atoms with van der Waals surface area (Å²) in [6.45, 7) is 11.9. The maximum atomic E-state index is 4.91. The van der Waals surface area contributed by atoms with E-state index in [1.54, 1.807) is 0 Å². The van der Waals surface area contributed by atoms with Crippen molar-refractivity contribution < 1.29 is 0 Å². The maximum absolute atomic E-state index is 4.91. The lowest BCUT2D eigenvalue weighted by atomic mass is 9.98. The summed E-state index contributed by atoms with van der Waals surface area (Å²) in [7, 11) is 0. The molecule has 0 unspecified atom stereocenters. The maximum Gasteiger partial charge on any atom is 0.0989 e. The van der Waals surface area contributed by atoms with E-state index in [2.05, 4.69) is 64.2 Å². The Balaban J connectivity index is 2.40. The van der Waals surface area contributed by atoms with E-state index in [9.17, 15) is 0 Å². The number of hydrogen-bond donors (Lipinski definition) is 1. The molecule has 0 saturated carbocycles. The van der Waals surface area contributed by atoms with Gasteiger partial charge in [-0.1, -0.05) is 65.0 Å². The van der Waals surface area contributed by atoms with Crippen LogP contribution in [-0.4, -0.2) is 11.0 Å². The normalized spacial score (nSPS) is 12.1. The molecule has 20 heavy (non-hydrogen) atoms. The van der Waals surface area contributed by atoms with Gasteiger partial charge in [-0.25, -0.2) is 4.98 Å². The van der Waals surface area contributed by atoms with Crippen LogP contribution in [0.3, 0.4) is 0 Å². The van der Waals surface area contributed by atoms with Gasteiger partial charge in [0.15, 0.2) is 0 Å². The molecule has 0 saturated heterocycles. The Bertz CT molecular complexity index is 550. The zero-order valence-corrected chi connectivity index (χ0v) is 13.8. The largest absolute Gasteiger partial charge is 0.310 e. The summed E-state index contributed by atoms with van der Waals surface area (Å²) in [4.78, 5) is 6.24. The minimum atomic E-state index is 0.101. The first-order valence-electron chi connectivity index (χ1n) is 7.17. The molecule has 0 aliphatic heterocycles. The van der Waals surface area contributed by atoms with Gasteiger partial charge < -0.3 is 5.32 Å². The number of thiazole rings is 1. The first-order valence-corrected chi connectivity index (χ1v) is 7.98. The van der Waals surface area contributed by atoms with Crippen LogP contribution in [0.15, 0.2) is 30.3 Å². The van der Waals surface area contributed by atoms with Crippen LogP contribution in [0.2, 0.25) is 0 Å². The molecule has 0 amide bonds. The van der Waals surface area contributed by atoms with Crippen molar-refractivity contribution in [2.24, 2.45) is 0 Å². The molecule has 1 N–H and O–H groups in total. The molecule has 1 heterocycles. The Hall–Kier alpha value is -1.19. The van der Waals surface area contributed by atoms with Crippen LogP contribution in [-0.2, 0) is 12.0 Å². The molecule has 0 spiro atoms. The lowest BCUT2D eigenvalue weighted by Gasteiger charge is -2.13. The third kappa shape index (κ3) is 3.68. The molecule has 3 heteroatoms. The highest BCUT2D eigenvalue weighted by Crippen LogP contribution is 2.34. The lowest BCUT2D eigenvalue weighted by Crippen LogP contribution is -2.21. The number of nitrogens with one attached hydrogen (secondary N) is 1. The molecule has 0 atom stereocenters. The molecular formula is C17H24N2S. The zero-order valence-electron chi connectivity index (χ0n) is 13.0. The Morgan fingerprint density at radius 2 is 1.80 bits per heavy atom. The lowest BCUT2D eigenvalue weighted by molar-refractivity contribution is 0.586. The predicted molar refractivity (Wildman–Crippen MR) is 88.2 cm³/mol. The van der Waals surface area contributed by atoms with E-state index in [-0.39, 0.29) is 5.41 Å². The van der Waals surface area contributed by atoms with Crippen LogP contribution < -0.4 is 5.32 Å². The molecule has 0 aliphatic carbocycles. The second-order valence-electron chi connectivity index (χ2n) is 6.44. The van der Waals surface area contributed by atoms with Crippen LogP contribution >= 0.6 is 11.3 Å². The Kier molecular flexibility index (Phi) is 4.61. The molecule has 2 rings (SSSR count). The molecule has 1 aromatic carbocycles. The Morgan fingerprint density at radius 1 is 1.15 bits per heavy atom. The quantitative estimate of drug-likeness (QED) is 0.889. The molecule has 1 aromatic heterocycles. The molecule has 108 valence electrons. The summed E-state index contributed by atoms with van der Waals surface area (Å²) in [6, 6.07) is 11.0. The summed E-state index contributed by atoms with van der Waals surface area (Å²) in [5.74, 6) is 0. The van der Waals surface area contributed by atoms with Crippen molar-refractivity contribution in [3.05, 3.63) is 40.2 Å². The van der Waals surface area contributed by atoms with Gasteiger partial charge in [-0.2, -0.15) is 0 Å². The average molecular weight is 288 g/mol. The minimum absolute atomic E-state index is 0.101. The van der Waals surface area contributed by atoms with E-state index < -0.39 is 0 Å². The van der Waals surface area contributed by atoms with Gasteiger partial charge in [0.25, 0.3) is 0 Å². The molecule has 0 radical (unpaired) electrons. The fourth-order valence-electron chi connectivity index (χ4n) is 1.91. The molecule has 0 bridgehead atoms. The summed E-state index contributed by atoms with van der Waals surface area (Å²) in [5, 5.41) is 4.71. The molecule has 2 nitrogen and oxygen atoms in total. The Labute approximate surface area is 126 Å². The van der Waals surface area contributed by atoms with Crippen LogP contribution in [0.4, 0.5) is 0 Å². The van der Waals surface area contributed by atoms with Crippen molar-refractivity contribution in [2.45, 2.75) is 52.6 Å². The van der Waals surface area contributed by atoms with Crippen molar-refractivity contribution in [3.63, 3.8) is 0 Å². The highest BCUT2D eigenvalue weighted by atomic mass is 32.1. The molecular weight excluding hydrogens is 264 g/mol. The van der Waals surface area contributed by atoms with E-state index in [0.29, 0.717) is 6.04 Å². The van der Waals surface area contributed by atoms with Gasteiger partial charge in [0.1, 0.15) is 0 Å².